The lowest BCUT2D eigenvalue weighted by molar-refractivity contribution is 0.0687. The van der Waals surface area contributed by atoms with Crippen molar-refractivity contribution in [2.24, 2.45) is 7.05 Å². The molecule has 1 N–H and O–H groups in total. The molecule has 34 heavy (non-hydrogen) atoms. The van der Waals surface area contributed by atoms with Crippen LogP contribution < -0.4 is 14.2 Å². The number of fused-ring (bicyclic) bond motifs is 4. The number of aromatic nitrogens is 2. The van der Waals surface area contributed by atoms with Gasteiger partial charge in [0.2, 0.25) is 6.79 Å². The minimum absolute atomic E-state index is 0.194. The van der Waals surface area contributed by atoms with Crippen molar-refractivity contribution in [2.75, 3.05) is 13.9 Å². The predicted molar refractivity (Wildman–Crippen MR) is 128 cm³/mol. The number of aryl methyl sites for hydroxylation is 1. The third-order valence-electron chi connectivity index (χ3n) is 6.40. The van der Waals surface area contributed by atoms with Gasteiger partial charge in [-0.2, -0.15) is 0 Å². The molecule has 2 aromatic carbocycles. The number of carboxylic acids is 1. The van der Waals surface area contributed by atoms with E-state index in [1.54, 1.807) is 7.11 Å². The van der Waals surface area contributed by atoms with Crippen LogP contribution in [0.4, 0.5) is 0 Å². The van der Waals surface area contributed by atoms with Gasteiger partial charge in [-0.1, -0.05) is 24.3 Å². The molecule has 0 saturated carbocycles. The zero-order valence-electron chi connectivity index (χ0n) is 18.7. The highest BCUT2D eigenvalue weighted by Gasteiger charge is 2.29. The Morgan fingerprint density at radius 3 is 2.59 bits per heavy atom. The van der Waals surface area contributed by atoms with Crippen LogP contribution in [0, 0.1) is 0 Å². The Hall–Kier alpha value is -4.39. The molecule has 0 amide bonds. The van der Waals surface area contributed by atoms with Gasteiger partial charge in [-0.3, -0.25) is 0 Å². The van der Waals surface area contributed by atoms with E-state index in [9.17, 15) is 9.90 Å². The summed E-state index contributed by atoms with van der Waals surface area (Å²) in [4.78, 5) is 12.7. The van der Waals surface area contributed by atoms with Crippen LogP contribution in [0.5, 0.6) is 17.2 Å². The first-order valence-electron chi connectivity index (χ1n) is 10.9. The van der Waals surface area contributed by atoms with Crippen LogP contribution in [0.2, 0.25) is 0 Å². The lowest BCUT2D eigenvalue weighted by atomic mass is 10.0. The Bertz CT molecular complexity index is 1530. The summed E-state index contributed by atoms with van der Waals surface area (Å²) in [5.41, 5.74) is 5.62. The van der Waals surface area contributed by atoms with Crippen LogP contribution >= 0.6 is 0 Å². The molecule has 3 heterocycles. The van der Waals surface area contributed by atoms with Crippen molar-refractivity contribution in [3.63, 3.8) is 0 Å². The van der Waals surface area contributed by atoms with Gasteiger partial charge >= 0.3 is 5.97 Å². The standard InChI is InChI=1S/C27H22N2O5/c1-28-11-3-4-18-13-20-24(25(18)28)23(17-6-8-19(32-2)9-7-17)26(27(30)31)29(20)14-16-5-10-21-22(12-16)34-15-33-21/h3-13H,14-15H2,1-2H3,(H,30,31). The number of rotatable bonds is 5. The molecule has 0 unspecified atom stereocenters. The van der Waals surface area contributed by atoms with Gasteiger partial charge in [0, 0.05) is 36.3 Å². The number of ether oxygens (including phenoxy) is 3. The van der Waals surface area contributed by atoms with Crippen LogP contribution in [0.3, 0.4) is 0 Å². The van der Waals surface area contributed by atoms with Crippen molar-refractivity contribution in [2.45, 2.75) is 6.54 Å². The minimum Gasteiger partial charge on any atom is -0.497 e. The summed E-state index contributed by atoms with van der Waals surface area (Å²) >= 11 is 0. The van der Waals surface area contributed by atoms with Gasteiger partial charge in [0.1, 0.15) is 11.4 Å². The maximum Gasteiger partial charge on any atom is 0.353 e. The fourth-order valence-corrected chi connectivity index (χ4v) is 4.89. The summed E-state index contributed by atoms with van der Waals surface area (Å²) in [6.07, 6.45) is 1.98. The Kier molecular flexibility index (Phi) is 4.52. The molecule has 7 nitrogen and oxygen atoms in total. The Morgan fingerprint density at radius 2 is 1.82 bits per heavy atom. The molecule has 1 aliphatic carbocycles. The molecule has 170 valence electrons. The Labute approximate surface area is 195 Å². The number of hydrogen-bond acceptors (Lipinski definition) is 4. The minimum atomic E-state index is -0.977. The van der Waals surface area contributed by atoms with Crippen LogP contribution in [0.1, 0.15) is 16.1 Å². The Morgan fingerprint density at radius 1 is 1.03 bits per heavy atom. The number of hydrogen-bond donors (Lipinski definition) is 1. The van der Waals surface area contributed by atoms with Crippen LogP contribution in [-0.4, -0.2) is 34.1 Å². The molecule has 2 aliphatic heterocycles. The predicted octanol–water partition coefficient (Wildman–Crippen LogP) is 5.24. The largest absolute Gasteiger partial charge is 0.497 e. The second-order valence-electron chi connectivity index (χ2n) is 8.36. The SMILES string of the molecule is COc1ccc(-c2c(C(=O)O)n(Cc3ccc4c(c3)OCO4)c3cc4cccn(C)c-4c23)cc1. The fourth-order valence-electron chi connectivity index (χ4n) is 4.89. The maximum absolute atomic E-state index is 12.7. The summed E-state index contributed by atoms with van der Waals surface area (Å²) in [6.45, 7) is 0.574. The van der Waals surface area contributed by atoms with E-state index in [0.717, 1.165) is 39.0 Å². The van der Waals surface area contributed by atoms with Crippen LogP contribution in [0.25, 0.3) is 33.3 Å². The number of carbonyl (C=O) groups is 1. The Balaban J connectivity index is 1.64. The maximum atomic E-state index is 12.7. The highest BCUT2D eigenvalue weighted by Crippen LogP contribution is 2.45. The third-order valence-corrected chi connectivity index (χ3v) is 6.40. The van der Waals surface area contributed by atoms with Gasteiger partial charge in [-0.15, -0.1) is 0 Å². The average Bonchev–Trinajstić information content (AvgIpc) is 3.53. The summed E-state index contributed by atoms with van der Waals surface area (Å²) < 4.78 is 20.2. The molecule has 1 aromatic heterocycles. The first-order chi connectivity index (χ1) is 16.5. The second-order valence-corrected chi connectivity index (χ2v) is 8.36. The van der Waals surface area contributed by atoms with E-state index in [2.05, 4.69) is 12.1 Å². The molecule has 6 rings (SSSR count). The monoisotopic (exact) mass is 454 g/mol. The molecule has 0 atom stereocenters. The van der Waals surface area contributed by atoms with Gasteiger partial charge in [0.15, 0.2) is 11.5 Å². The number of methoxy groups -OCH3 is 1. The molecule has 3 aliphatic rings. The molecule has 0 saturated heterocycles. The first-order valence-corrected chi connectivity index (χ1v) is 10.9. The smallest absolute Gasteiger partial charge is 0.353 e. The van der Waals surface area contributed by atoms with E-state index in [1.807, 2.05) is 70.9 Å². The van der Waals surface area contributed by atoms with Crippen molar-refractivity contribution < 1.29 is 24.1 Å². The quantitative estimate of drug-likeness (QED) is 0.393. The molecular weight excluding hydrogens is 432 g/mol. The zero-order valence-corrected chi connectivity index (χ0v) is 18.7. The summed E-state index contributed by atoms with van der Waals surface area (Å²) in [7, 11) is 3.59. The van der Waals surface area contributed by atoms with E-state index < -0.39 is 5.97 Å². The topological polar surface area (TPSA) is 74.8 Å². The number of aromatic carboxylic acids is 1. The van der Waals surface area contributed by atoms with Crippen molar-refractivity contribution in [3.05, 3.63) is 78.1 Å². The van der Waals surface area contributed by atoms with Crippen LogP contribution in [-0.2, 0) is 13.6 Å². The van der Waals surface area contributed by atoms with Gasteiger partial charge in [-0.25, -0.2) is 4.79 Å². The highest BCUT2D eigenvalue weighted by molar-refractivity contribution is 6.15. The average molecular weight is 454 g/mol. The first kappa shape index (κ1) is 20.2. The summed E-state index contributed by atoms with van der Waals surface area (Å²) in [6, 6.07) is 19.4. The molecule has 7 heteroatoms. The van der Waals surface area contributed by atoms with E-state index in [0.29, 0.717) is 23.6 Å². The van der Waals surface area contributed by atoms with Crippen molar-refractivity contribution in [3.8, 4) is 39.6 Å². The van der Waals surface area contributed by atoms with Crippen molar-refractivity contribution in [1.82, 2.24) is 9.13 Å². The summed E-state index contributed by atoms with van der Waals surface area (Å²) in [5, 5.41) is 11.3. The lowest BCUT2D eigenvalue weighted by Gasteiger charge is -2.12. The number of nitrogens with zero attached hydrogens (tertiary/aromatic N) is 2. The molecular formula is C27H22N2O5. The van der Waals surface area contributed by atoms with Gasteiger partial charge in [-0.05, 0) is 47.5 Å². The van der Waals surface area contributed by atoms with Gasteiger partial charge in [0.05, 0.1) is 18.3 Å². The number of carboxylic acid groups (broad SMARTS) is 1. The van der Waals surface area contributed by atoms with Gasteiger partial charge in [0.25, 0.3) is 0 Å². The third kappa shape index (κ3) is 3.01. The van der Waals surface area contributed by atoms with E-state index in [1.165, 1.54) is 0 Å². The zero-order chi connectivity index (χ0) is 23.4. The molecule has 0 fully saturated rings. The normalized spacial score (nSPS) is 12.5. The van der Waals surface area contributed by atoms with E-state index in [-0.39, 0.29) is 12.5 Å². The van der Waals surface area contributed by atoms with E-state index >= 15 is 0 Å². The molecule has 0 bridgehead atoms. The van der Waals surface area contributed by atoms with E-state index in [4.69, 9.17) is 14.2 Å². The number of pyridine rings is 1. The second kappa shape index (κ2) is 7.59. The van der Waals surface area contributed by atoms with Gasteiger partial charge < -0.3 is 28.5 Å². The lowest BCUT2D eigenvalue weighted by Crippen LogP contribution is -2.10. The highest BCUT2D eigenvalue weighted by atomic mass is 16.7. The molecule has 3 aromatic rings. The fraction of sp³-hybridized carbons (Fsp3) is 0.148. The number of benzene rings is 2. The van der Waals surface area contributed by atoms with Crippen LogP contribution in [0.15, 0.2) is 66.9 Å². The summed E-state index contributed by atoms with van der Waals surface area (Å²) in [5.74, 6) is 1.11. The van der Waals surface area contributed by atoms with Crippen molar-refractivity contribution in [1.29, 1.82) is 0 Å². The van der Waals surface area contributed by atoms with Crippen molar-refractivity contribution >= 4 is 16.9 Å². The molecule has 0 radical (unpaired) electrons. The molecule has 0 spiro atoms.